The standard InChI is InChI=1S/C49H55N7O8/c1-26(2)41(54-48(59)62-4)47(58)56-17-9-12-39(56)46-50-23-38(52-46)30-13-15-32-31(20-30)25-64-40-22-33-29(21-34(32)40)14-16-37-43(33)53-45(51-37)36-19-27(24-61-3)18-35(36)44(57)42(55-49(60)63-5)28-10-7-6-8-11-28/h6-8,10-11,13,15,20-23,26-27,35-36,39,41-42H,9,12,14,16-19,24-25H2,1-5H3,(H,50,52)(H,51,53)(H,54,59)(H,55,60)/t27-,35?,36-,39+,41+,42-/m1/s1. The third kappa shape index (κ3) is 8.12. The van der Waals surface area contributed by atoms with Gasteiger partial charge in [-0.1, -0.05) is 56.3 Å². The van der Waals surface area contributed by atoms with E-state index >= 15 is 0 Å². The Morgan fingerprint density at radius 2 is 1.67 bits per heavy atom. The molecule has 9 rings (SSSR count). The first-order valence-corrected chi connectivity index (χ1v) is 22.2. The first kappa shape index (κ1) is 42.8. The van der Waals surface area contributed by atoms with E-state index in [1.165, 1.54) is 19.8 Å². The van der Waals surface area contributed by atoms with Crippen LogP contribution in [0.3, 0.4) is 0 Å². The lowest BCUT2D eigenvalue weighted by molar-refractivity contribution is -0.135. The number of aryl methyl sites for hydroxylation is 2. The number of hydrogen-bond acceptors (Lipinski definition) is 10. The molecule has 3 aromatic carbocycles. The summed E-state index contributed by atoms with van der Waals surface area (Å²) in [6, 6.07) is 18.2. The molecule has 2 aromatic heterocycles. The second-order valence-corrected chi connectivity index (χ2v) is 17.7. The Morgan fingerprint density at radius 3 is 2.44 bits per heavy atom. The minimum atomic E-state index is -0.866. The summed E-state index contributed by atoms with van der Waals surface area (Å²) in [6.45, 7) is 5.30. The average Bonchev–Trinajstić information content (AvgIpc) is 4.15. The lowest BCUT2D eigenvalue weighted by Gasteiger charge is -2.30. The number of likely N-dealkylation sites (tertiary alicyclic amines) is 1. The zero-order valence-corrected chi connectivity index (χ0v) is 36.9. The number of hydrogen-bond donors (Lipinski definition) is 4. The van der Waals surface area contributed by atoms with Gasteiger partial charge in [-0.25, -0.2) is 19.6 Å². The molecule has 0 bridgehead atoms. The molecule has 2 fully saturated rings. The van der Waals surface area contributed by atoms with Crippen molar-refractivity contribution in [2.45, 2.75) is 83.0 Å². The molecule has 5 aromatic rings. The van der Waals surface area contributed by atoms with Crippen LogP contribution in [0.25, 0.3) is 33.6 Å². The van der Waals surface area contributed by atoms with Gasteiger partial charge < -0.3 is 44.4 Å². The van der Waals surface area contributed by atoms with Gasteiger partial charge >= 0.3 is 12.2 Å². The highest BCUT2D eigenvalue weighted by Gasteiger charge is 2.45. The first-order valence-electron chi connectivity index (χ1n) is 22.2. The van der Waals surface area contributed by atoms with Crippen molar-refractivity contribution in [3.63, 3.8) is 0 Å². The molecule has 0 spiro atoms. The van der Waals surface area contributed by atoms with Gasteiger partial charge in [0.2, 0.25) is 5.91 Å². The maximum atomic E-state index is 14.5. The number of amides is 3. The van der Waals surface area contributed by atoms with Gasteiger partial charge in [0.1, 0.15) is 36.1 Å². The minimum absolute atomic E-state index is 0.0779. The number of aromatic nitrogens is 4. The summed E-state index contributed by atoms with van der Waals surface area (Å²) in [5.74, 6) is 1.50. The zero-order valence-electron chi connectivity index (χ0n) is 36.9. The number of H-pyrrole nitrogens is 2. The summed E-state index contributed by atoms with van der Waals surface area (Å²) in [4.78, 5) is 71.7. The van der Waals surface area contributed by atoms with Gasteiger partial charge in [-0.05, 0) is 96.4 Å². The fourth-order valence-electron chi connectivity index (χ4n) is 10.3. The van der Waals surface area contributed by atoms with Crippen LogP contribution in [0.5, 0.6) is 5.75 Å². The smallest absolute Gasteiger partial charge is 0.407 e. The van der Waals surface area contributed by atoms with Crippen LogP contribution in [0, 0.1) is 17.8 Å². The highest BCUT2D eigenvalue weighted by atomic mass is 16.5. The number of carbonyl (C=O) groups is 4. The Bertz CT molecular complexity index is 2570. The van der Waals surface area contributed by atoms with E-state index in [1.807, 2.05) is 55.3 Å². The number of ketones is 1. The molecular formula is C49H55N7O8. The number of alkyl carbamates (subject to hydrolysis) is 2. The minimum Gasteiger partial charge on any atom is -0.488 e. The molecule has 6 atom stereocenters. The number of fused-ring (bicyclic) bond motifs is 6. The van der Waals surface area contributed by atoms with Gasteiger partial charge in [0.25, 0.3) is 0 Å². The van der Waals surface area contributed by atoms with Crippen LogP contribution < -0.4 is 15.4 Å². The third-order valence-corrected chi connectivity index (χ3v) is 13.5. The zero-order chi connectivity index (χ0) is 44.6. The predicted octanol–water partition coefficient (Wildman–Crippen LogP) is 7.59. The molecule has 334 valence electrons. The summed E-state index contributed by atoms with van der Waals surface area (Å²) >= 11 is 0. The maximum Gasteiger partial charge on any atom is 0.407 e. The van der Waals surface area contributed by atoms with E-state index in [9.17, 15) is 19.2 Å². The van der Waals surface area contributed by atoms with Crippen LogP contribution in [0.1, 0.15) is 91.6 Å². The Morgan fingerprint density at radius 1 is 0.875 bits per heavy atom. The molecular weight excluding hydrogens is 815 g/mol. The number of rotatable bonds is 12. The summed E-state index contributed by atoms with van der Waals surface area (Å²) in [5, 5.41) is 5.51. The van der Waals surface area contributed by atoms with Crippen LogP contribution in [-0.2, 0) is 43.2 Å². The van der Waals surface area contributed by atoms with Crippen molar-refractivity contribution in [3.05, 3.63) is 101 Å². The van der Waals surface area contributed by atoms with Crippen LogP contribution >= 0.6 is 0 Å². The lowest BCUT2D eigenvalue weighted by Crippen LogP contribution is -2.51. The molecule has 1 saturated heterocycles. The normalized spacial score (nSPS) is 20.6. The number of nitrogens with zero attached hydrogens (tertiary/aromatic N) is 3. The Hall–Kier alpha value is -6.48. The van der Waals surface area contributed by atoms with Crippen molar-refractivity contribution in [1.29, 1.82) is 0 Å². The topological polar surface area (TPSA) is 190 Å². The van der Waals surface area contributed by atoms with Crippen molar-refractivity contribution in [3.8, 4) is 39.4 Å². The number of imidazole rings is 2. The quantitative estimate of drug-likeness (QED) is 0.0972. The second-order valence-electron chi connectivity index (χ2n) is 17.7. The average molecular weight is 870 g/mol. The van der Waals surface area contributed by atoms with Gasteiger partial charge in [-0.3, -0.25) is 9.59 Å². The molecule has 2 aliphatic carbocycles. The fourth-order valence-corrected chi connectivity index (χ4v) is 10.3. The lowest BCUT2D eigenvalue weighted by atomic mass is 9.85. The van der Waals surface area contributed by atoms with E-state index in [4.69, 9.17) is 28.9 Å². The number of ether oxygens (including phenoxy) is 4. The molecule has 2 aliphatic heterocycles. The van der Waals surface area contributed by atoms with Gasteiger partial charge in [0.15, 0.2) is 5.78 Å². The van der Waals surface area contributed by atoms with Crippen molar-refractivity contribution >= 4 is 23.9 Å². The van der Waals surface area contributed by atoms with E-state index in [0.717, 1.165) is 88.6 Å². The Balaban J connectivity index is 0.955. The first-order chi connectivity index (χ1) is 31.0. The maximum absolute atomic E-state index is 14.5. The Kier molecular flexibility index (Phi) is 12.0. The summed E-state index contributed by atoms with van der Waals surface area (Å²) < 4.78 is 21.8. The molecule has 3 amide bonds. The molecule has 15 heteroatoms. The van der Waals surface area contributed by atoms with Crippen molar-refractivity contribution in [2.75, 3.05) is 34.5 Å². The predicted molar refractivity (Wildman–Crippen MR) is 237 cm³/mol. The van der Waals surface area contributed by atoms with Crippen molar-refractivity contribution < 1.29 is 38.1 Å². The Labute approximate surface area is 372 Å². The van der Waals surface area contributed by atoms with E-state index in [1.54, 1.807) is 7.11 Å². The number of nitrogens with one attached hydrogen (secondary N) is 4. The molecule has 0 radical (unpaired) electrons. The number of carbonyl (C=O) groups excluding carboxylic acids is 4. The second kappa shape index (κ2) is 17.9. The van der Waals surface area contributed by atoms with Crippen LogP contribution in [0.15, 0.2) is 66.9 Å². The van der Waals surface area contributed by atoms with E-state index in [2.05, 4.69) is 50.9 Å². The van der Waals surface area contributed by atoms with Crippen LogP contribution in [0.2, 0.25) is 0 Å². The highest BCUT2D eigenvalue weighted by molar-refractivity contribution is 5.91. The van der Waals surface area contributed by atoms with Gasteiger partial charge in [-0.15, -0.1) is 0 Å². The summed E-state index contributed by atoms with van der Waals surface area (Å²) in [6.07, 6.45) is 5.03. The molecule has 64 heavy (non-hydrogen) atoms. The molecule has 4 aliphatic rings. The molecule has 15 nitrogen and oxygen atoms in total. The van der Waals surface area contributed by atoms with Crippen LogP contribution in [-0.4, -0.2) is 89.2 Å². The molecule has 4 N–H and O–H groups in total. The number of aromatic amines is 2. The van der Waals surface area contributed by atoms with Gasteiger partial charge in [0.05, 0.1) is 43.5 Å². The SMILES string of the molecule is COC[C@@H]1CC(C(=O)[C@H](NC(=O)OC)c2ccccc2)[C@H](c2nc3c([nH]2)-c2cc4c(cc2CC3)-c2ccc(-c3cnc([C@@H]5CCCN5C(=O)[C@@H](NC(=O)OC)C(C)C)[nH]3)cc2CO4)C1. The van der Waals surface area contributed by atoms with E-state index in [-0.39, 0.29) is 35.5 Å². The summed E-state index contributed by atoms with van der Waals surface area (Å²) in [7, 11) is 4.27. The summed E-state index contributed by atoms with van der Waals surface area (Å²) in [5.41, 5.74) is 9.89. The van der Waals surface area contributed by atoms with E-state index in [0.29, 0.717) is 37.6 Å². The molecule has 4 heterocycles. The third-order valence-electron chi connectivity index (χ3n) is 13.5. The molecule has 1 unspecified atom stereocenters. The van der Waals surface area contributed by atoms with E-state index < -0.39 is 30.2 Å². The fraction of sp³-hybridized carbons (Fsp3) is 0.429. The van der Waals surface area contributed by atoms with Gasteiger partial charge in [-0.2, -0.15) is 0 Å². The van der Waals surface area contributed by atoms with Crippen molar-refractivity contribution in [2.24, 2.45) is 17.8 Å². The monoisotopic (exact) mass is 869 g/mol. The van der Waals surface area contributed by atoms with Crippen LogP contribution in [0.4, 0.5) is 9.59 Å². The number of benzene rings is 3. The highest BCUT2D eigenvalue weighted by Crippen LogP contribution is 2.48. The van der Waals surface area contributed by atoms with Gasteiger partial charge in [0, 0.05) is 43.2 Å². The number of methoxy groups -OCH3 is 3. The largest absolute Gasteiger partial charge is 0.488 e. The number of Topliss-reactive ketones (excluding diaryl/α,β-unsaturated/α-hetero) is 1. The molecule has 1 saturated carbocycles. The van der Waals surface area contributed by atoms with Crippen molar-refractivity contribution in [1.82, 2.24) is 35.5 Å².